The van der Waals surface area contributed by atoms with Crippen LogP contribution in [0, 0.1) is 0 Å². The maximum absolute atomic E-state index is 12.4. The molecule has 0 spiro atoms. The monoisotopic (exact) mass is 289 g/mol. The number of carbonyl (C=O) groups is 2. The first kappa shape index (κ1) is 15.5. The Labute approximate surface area is 125 Å². The molecule has 5 heteroatoms. The maximum atomic E-state index is 12.4. The first-order chi connectivity index (χ1) is 10.1. The van der Waals surface area contributed by atoms with Crippen LogP contribution in [0.5, 0.6) is 0 Å². The summed E-state index contributed by atoms with van der Waals surface area (Å²) in [6, 6.07) is 7.27. The summed E-state index contributed by atoms with van der Waals surface area (Å²) in [7, 11) is 1.61. The summed E-state index contributed by atoms with van der Waals surface area (Å²) in [5.41, 5.74) is 1.21. The second-order valence-corrected chi connectivity index (χ2v) is 5.42. The van der Waals surface area contributed by atoms with Crippen molar-refractivity contribution in [2.24, 2.45) is 0 Å². The molecule has 0 radical (unpaired) electrons. The molecular weight excluding hydrogens is 266 g/mol. The van der Waals surface area contributed by atoms with Gasteiger partial charge in [0.25, 0.3) is 5.91 Å². The molecule has 1 atom stereocenters. The molecule has 1 aromatic carbocycles. The number of rotatable bonds is 5. The van der Waals surface area contributed by atoms with Gasteiger partial charge in [0.15, 0.2) is 0 Å². The van der Waals surface area contributed by atoms with Crippen molar-refractivity contribution in [3.8, 4) is 0 Å². The van der Waals surface area contributed by atoms with E-state index in [9.17, 15) is 9.59 Å². The van der Waals surface area contributed by atoms with Crippen molar-refractivity contribution in [2.45, 2.75) is 38.3 Å². The Hall–Kier alpha value is -1.88. The van der Waals surface area contributed by atoms with Crippen LogP contribution in [0.3, 0.4) is 0 Å². The molecule has 5 nitrogen and oxygen atoms in total. The van der Waals surface area contributed by atoms with E-state index in [1.165, 1.54) is 0 Å². The van der Waals surface area contributed by atoms with Gasteiger partial charge in [0.2, 0.25) is 5.91 Å². The van der Waals surface area contributed by atoms with Gasteiger partial charge in [0.05, 0.1) is 5.54 Å². The van der Waals surface area contributed by atoms with E-state index in [1.807, 2.05) is 19.1 Å². The number of hydrogen-bond acceptors (Lipinski definition) is 3. The highest BCUT2D eigenvalue weighted by atomic mass is 16.2. The Balaban J connectivity index is 1.93. The molecule has 0 aromatic heterocycles. The van der Waals surface area contributed by atoms with Crippen molar-refractivity contribution in [3.05, 3.63) is 35.4 Å². The summed E-state index contributed by atoms with van der Waals surface area (Å²) in [5, 5.41) is 8.90. The standard InChI is InChI=1S/C16H23N3O2/c1-3-16(9-4-10-19-16)15(21)18-11-12-5-7-13(8-6-12)14(20)17-2/h5-8,19H,3-4,9-11H2,1-2H3,(H,17,20)(H,18,21). The van der Waals surface area contributed by atoms with E-state index < -0.39 is 5.54 Å². The minimum absolute atomic E-state index is 0.0675. The number of hydrogen-bond donors (Lipinski definition) is 3. The molecule has 1 unspecified atom stereocenters. The summed E-state index contributed by atoms with van der Waals surface area (Å²) in [6.07, 6.45) is 2.74. The number of nitrogens with one attached hydrogen (secondary N) is 3. The highest BCUT2D eigenvalue weighted by molar-refractivity contribution is 5.94. The molecule has 0 bridgehead atoms. The van der Waals surface area contributed by atoms with Gasteiger partial charge in [-0.15, -0.1) is 0 Å². The zero-order valence-electron chi connectivity index (χ0n) is 12.7. The molecule has 0 aliphatic carbocycles. The summed E-state index contributed by atoms with van der Waals surface area (Å²) in [6.45, 7) is 3.43. The fourth-order valence-electron chi connectivity index (χ4n) is 2.73. The normalized spacial score (nSPS) is 21.0. The largest absolute Gasteiger partial charge is 0.355 e. The van der Waals surface area contributed by atoms with Crippen molar-refractivity contribution in [2.75, 3.05) is 13.6 Å². The number of benzene rings is 1. The lowest BCUT2D eigenvalue weighted by atomic mass is 9.93. The molecule has 1 heterocycles. The van der Waals surface area contributed by atoms with E-state index in [2.05, 4.69) is 16.0 Å². The topological polar surface area (TPSA) is 70.2 Å². The Morgan fingerprint density at radius 3 is 2.52 bits per heavy atom. The third-order valence-corrected chi connectivity index (χ3v) is 4.18. The van der Waals surface area contributed by atoms with Crippen LogP contribution in [0.4, 0.5) is 0 Å². The van der Waals surface area contributed by atoms with Crippen LogP contribution in [0.25, 0.3) is 0 Å². The lowest BCUT2D eigenvalue weighted by molar-refractivity contribution is -0.127. The first-order valence-corrected chi connectivity index (χ1v) is 7.45. The third kappa shape index (κ3) is 3.42. The number of amides is 2. The second kappa shape index (κ2) is 6.72. The highest BCUT2D eigenvalue weighted by Crippen LogP contribution is 2.23. The predicted molar refractivity (Wildman–Crippen MR) is 81.9 cm³/mol. The fourth-order valence-corrected chi connectivity index (χ4v) is 2.73. The van der Waals surface area contributed by atoms with Gasteiger partial charge in [-0.05, 0) is 43.5 Å². The van der Waals surface area contributed by atoms with Crippen LogP contribution in [0.1, 0.15) is 42.1 Å². The molecule has 1 aliphatic heterocycles. The first-order valence-electron chi connectivity index (χ1n) is 7.45. The average Bonchev–Trinajstić information content (AvgIpc) is 3.02. The molecule has 1 aliphatic rings. The van der Waals surface area contributed by atoms with E-state index in [4.69, 9.17) is 0 Å². The van der Waals surface area contributed by atoms with Gasteiger partial charge in [-0.3, -0.25) is 9.59 Å². The van der Waals surface area contributed by atoms with Gasteiger partial charge in [0, 0.05) is 19.2 Å². The lowest BCUT2D eigenvalue weighted by Crippen LogP contribution is -2.52. The lowest BCUT2D eigenvalue weighted by Gasteiger charge is -2.26. The van der Waals surface area contributed by atoms with E-state index in [-0.39, 0.29) is 11.8 Å². The smallest absolute Gasteiger partial charge is 0.251 e. The van der Waals surface area contributed by atoms with Crippen LogP contribution < -0.4 is 16.0 Å². The maximum Gasteiger partial charge on any atom is 0.251 e. The molecular formula is C16H23N3O2. The number of carbonyl (C=O) groups excluding carboxylic acids is 2. The minimum atomic E-state index is -0.401. The molecule has 1 fully saturated rings. The summed E-state index contributed by atoms with van der Waals surface area (Å²) in [4.78, 5) is 23.8. The van der Waals surface area contributed by atoms with E-state index in [1.54, 1.807) is 19.2 Å². The minimum Gasteiger partial charge on any atom is -0.355 e. The van der Waals surface area contributed by atoms with Gasteiger partial charge in [0.1, 0.15) is 0 Å². The van der Waals surface area contributed by atoms with Crippen molar-refractivity contribution in [3.63, 3.8) is 0 Å². The van der Waals surface area contributed by atoms with Crippen LogP contribution in [-0.4, -0.2) is 30.9 Å². The molecule has 2 rings (SSSR count). The molecule has 114 valence electrons. The Kier molecular flexibility index (Phi) is 4.96. The van der Waals surface area contributed by atoms with E-state index in [0.717, 1.165) is 31.4 Å². The van der Waals surface area contributed by atoms with Gasteiger partial charge in [-0.2, -0.15) is 0 Å². The zero-order valence-corrected chi connectivity index (χ0v) is 12.7. The van der Waals surface area contributed by atoms with Crippen LogP contribution >= 0.6 is 0 Å². The average molecular weight is 289 g/mol. The van der Waals surface area contributed by atoms with Crippen molar-refractivity contribution < 1.29 is 9.59 Å². The SMILES string of the molecule is CCC1(C(=O)NCc2ccc(C(=O)NC)cc2)CCCN1. The molecule has 2 amide bonds. The quantitative estimate of drug-likeness (QED) is 0.762. The summed E-state index contributed by atoms with van der Waals surface area (Å²) >= 11 is 0. The van der Waals surface area contributed by atoms with E-state index in [0.29, 0.717) is 12.1 Å². The van der Waals surface area contributed by atoms with Gasteiger partial charge < -0.3 is 16.0 Å². The molecule has 21 heavy (non-hydrogen) atoms. The van der Waals surface area contributed by atoms with E-state index >= 15 is 0 Å². The van der Waals surface area contributed by atoms with Crippen molar-refractivity contribution in [1.82, 2.24) is 16.0 Å². The van der Waals surface area contributed by atoms with Crippen molar-refractivity contribution >= 4 is 11.8 Å². The molecule has 3 N–H and O–H groups in total. The van der Waals surface area contributed by atoms with Crippen molar-refractivity contribution in [1.29, 1.82) is 0 Å². The highest BCUT2D eigenvalue weighted by Gasteiger charge is 2.38. The van der Waals surface area contributed by atoms with Gasteiger partial charge in [-0.1, -0.05) is 19.1 Å². The van der Waals surface area contributed by atoms with Crippen LogP contribution in [0.15, 0.2) is 24.3 Å². The predicted octanol–water partition coefficient (Wildman–Crippen LogP) is 1.19. The fraction of sp³-hybridized carbons (Fsp3) is 0.500. The molecule has 1 aromatic rings. The Morgan fingerprint density at radius 1 is 1.29 bits per heavy atom. The summed E-state index contributed by atoms with van der Waals surface area (Å²) in [5.74, 6) is -0.0384. The summed E-state index contributed by atoms with van der Waals surface area (Å²) < 4.78 is 0. The van der Waals surface area contributed by atoms with Gasteiger partial charge >= 0.3 is 0 Å². The van der Waals surface area contributed by atoms with Crippen LogP contribution in [0.2, 0.25) is 0 Å². The second-order valence-electron chi connectivity index (χ2n) is 5.42. The molecule has 0 saturated carbocycles. The Morgan fingerprint density at radius 2 is 2.00 bits per heavy atom. The Bertz CT molecular complexity index is 505. The molecule has 1 saturated heterocycles. The van der Waals surface area contributed by atoms with Crippen LogP contribution in [-0.2, 0) is 11.3 Å². The van der Waals surface area contributed by atoms with Gasteiger partial charge in [-0.25, -0.2) is 0 Å². The third-order valence-electron chi connectivity index (χ3n) is 4.18. The zero-order chi connectivity index (χ0) is 15.3.